The number of methoxy groups -OCH3 is 3. The molecule has 0 aliphatic rings. The fourth-order valence-corrected chi connectivity index (χ4v) is 2.22. The molecule has 23 heavy (non-hydrogen) atoms. The molecule has 0 saturated heterocycles. The van der Waals surface area contributed by atoms with E-state index < -0.39 is 5.82 Å². The average Bonchev–Trinajstić information content (AvgIpc) is 2.58. The normalized spacial score (nSPS) is 10.1. The van der Waals surface area contributed by atoms with Crippen molar-refractivity contribution in [3.8, 4) is 17.2 Å². The van der Waals surface area contributed by atoms with Gasteiger partial charge in [-0.2, -0.15) is 0 Å². The first-order chi connectivity index (χ1) is 11.1. The van der Waals surface area contributed by atoms with Crippen LogP contribution < -0.4 is 19.5 Å². The average molecular weight is 319 g/mol. The zero-order chi connectivity index (χ0) is 16.8. The summed E-state index contributed by atoms with van der Waals surface area (Å²) >= 11 is 0. The summed E-state index contributed by atoms with van der Waals surface area (Å²) in [5.74, 6) is 0.510. The number of amides is 1. The van der Waals surface area contributed by atoms with Crippen LogP contribution in [-0.2, 0) is 6.54 Å². The van der Waals surface area contributed by atoms with Crippen molar-refractivity contribution >= 4 is 5.91 Å². The van der Waals surface area contributed by atoms with E-state index in [9.17, 15) is 9.18 Å². The second-order valence-corrected chi connectivity index (χ2v) is 4.68. The molecule has 0 fully saturated rings. The van der Waals surface area contributed by atoms with Crippen molar-refractivity contribution in [1.82, 2.24) is 5.32 Å². The Bertz CT molecular complexity index is 681. The third-order valence-corrected chi connectivity index (χ3v) is 3.34. The van der Waals surface area contributed by atoms with Crippen LogP contribution in [0.2, 0.25) is 0 Å². The van der Waals surface area contributed by atoms with Gasteiger partial charge in [-0.25, -0.2) is 4.39 Å². The smallest absolute Gasteiger partial charge is 0.259 e. The second-order valence-electron chi connectivity index (χ2n) is 4.68. The summed E-state index contributed by atoms with van der Waals surface area (Å²) in [5.41, 5.74) is 0.822. The Morgan fingerprint density at radius 1 is 1.00 bits per heavy atom. The van der Waals surface area contributed by atoms with Crippen molar-refractivity contribution in [2.45, 2.75) is 6.54 Å². The van der Waals surface area contributed by atoms with Gasteiger partial charge in [-0.1, -0.05) is 6.07 Å². The van der Waals surface area contributed by atoms with E-state index in [2.05, 4.69) is 5.32 Å². The molecule has 0 aliphatic heterocycles. The van der Waals surface area contributed by atoms with Gasteiger partial charge in [0.1, 0.15) is 28.6 Å². The molecule has 6 heteroatoms. The van der Waals surface area contributed by atoms with E-state index in [1.54, 1.807) is 18.2 Å². The number of rotatable bonds is 6. The lowest BCUT2D eigenvalue weighted by atomic mass is 10.1. The second kappa shape index (κ2) is 7.49. The quantitative estimate of drug-likeness (QED) is 0.889. The molecule has 1 amide bonds. The molecular weight excluding hydrogens is 301 g/mol. The van der Waals surface area contributed by atoms with Crippen LogP contribution in [-0.4, -0.2) is 27.2 Å². The third kappa shape index (κ3) is 3.71. The highest BCUT2D eigenvalue weighted by Crippen LogP contribution is 2.28. The van der Waals surface area contributed by atoms with Gasteiger partial charge in [0, 0.05) is 12.1 Å². The number of hydrogen-bond donors (Lipinski definition) is 1. The molecule has 0 aliphatic carbocycles. The maximum atomic E-state index is 13.4. The molecule has 0 aromatic heterocycles. The fraction of sp³-hybridized carbons (Fsp3) is 0.235. The minimum absolute atomic E-state index is 0.112. The van der Waals surface area contributed by atoms with Gasteiger partial charge in [0.25, 0.3) is 5.91 Å². The summed E-state index contributed by atoms with van der Waals surface area (Å²) in [7, 11) is 4.43. The van der Waals surface area contributed by atoms with Crippen LogP contribution in [0.5, 0.6) is 17.2 Å². The van der Waals surface area contributed by atoms with Gasteiger partial charge in [0.05, 0.1) is 21.3 Å². The van der Waals surface area contributed by atoms with E-state index in [4.69, 9.17) is 14.2 Å². The Hall–Kier alpha value is -2.76. The topological polar surface area (TPSA) is 56.8 Å². The summed E-state index contributed by atoms with van der Waals surface area (Å²) in [6, 6.07) is 9.19. The molecule has 0 radical (unpaired) electrons. The van der Waals surface area contributed by atoms with Crippen molar-refractivity contribution < 1.29 is 23.4 Å². The van der Waals surface area contributed by atoms with Crippen LogP contribution in [0.4, 0.5) is 4.39 Å². The van der Waals surface area contributed by atoms with Crippen LogP contribution in [0.15, 0.2) is 36.4 Å². The van der Waals surface area contributed by atoms with E-state index in [-0.39, 0.29) is 18.0 Å². The van der Waals surface area contributed by atoms with Gasteiger partial charge in [-0.3, -0.25) is 4.79 Å². The number of halogens is 1. The maximum Gasteiger partial charge on any atom is 0.259 e. The predicted molar refractivity (Wildman–Crippen MR) is 83.7 cm³/mol. The lowest BCUT2D eigenvalue weighted by Crippen LogP contribution is -2.24. The molecule has 2 rings (SSSR count). The minimum Gasteiger partial charge on any atom is -0.496 e. The molecule has 0 bridgehead atoms. The van der Waals surface area contributed by atoms with Crippen molar-refractivity contribution in [2.24, 2.45) is 0 Å². The highest BCUT2D eigenvalue weighted by atomic mass is 19.1. The van der Waals surface area contributed by atoms with Gasteiger partial charge < -0.3 is 19.5 Å². The van der Waals surface area contributed by atoms with Crippen LogP contribution in [0.25, 0.3) is 0 Å². The molecule has 1 N–H and O–H groups in total. The van der Waals surface area contributed by atoms with Gasteiger partial charge in [-0.05, 0) is 30.3 Å². The van der Waals surface area contributed by atoms with Gasteiger partial charge in [0.15, 0.2) is 0 Å². The number of benzene rings is 2. The van der Waals surface area contributed by atoms with E-state index >= 15 is 0 Å². The highest BCUT2D eigenvalue weighted by molar-refractivity contribution is 5.99. The highest BCUT2D eigenvalue weighted by Gasteiger charge is 2.18. The van der Waals surface area contributed by atoms with Gasteiger partial charge >= 0.3 is 0 Å². The number of nitrogens with one attached hydrogen (secondary N) is 1. The van der Waals surface area contributed by atoms with Crippen molar-refractivity contribution in [1.29, 1.82) is 0 Å². The van der Waals surface area contributed by atoms with Crippen molar-refractivity contribution in [3.05, 3.63) is 53.3 Å². The third-order valence-electron chi connectivity index (χ3n) is 3.34. The number of hydrogen-bond acceptors (Lipinski definition) is 4. The Balaban J connectivity index is 2.22. The Morgan fingerprint density at radius 3 is 2.17 bits per heavy atom. The summed E-state index contributed by atoms with van der Waals surface area (Å²) < 4.78 is 28.9. The number of ether oxygens (including phenoxy) is 3. The first-order valence-corrected chi connectivity index (χ1v) is 6.92. The molecule has 0 atom stereocenters. The molecular formula is C17H18FNO4. The lowest BCUT2D eigenvalue weighted by Gasteiger charge is -2.14. The lowest BCUT2D eigenvalue weighted by molar-refractivity contribution is 0.0944. The predicted octanol–water partition coefficient (Wildman–Crippen LogP) is 2.78. The molecule has 122 valence electrons. The first-order valence-electron chi connectivity index (χ1n) is 6.92. The molecule has 5 nitrogen and oxygen atoms in total. The summed E-state index contributed by atoms with van der Waals surface area (Å²) in [6.07, 6.45) is 0. The standard InChI is InChI=1S/C17H18FNO4/c1-21-13-8-7-12(18)9-11(13)10-19-17(20)16-14(22-2)5-4-6-15(16)23-3/h4-9H,10H2,1-3H3,(H,19,20). The molecule has 0 unspecified atom stereocenters. The zero-order valence-electron chi connectivity index (χ0n) is 13.2. The molecule has 0 spiro atoms. The fourth-order valence-electron chi connectivity index (χ4n) is 2.22. The van der Waals surface area contributed by atoms with Crippen LogP contribution in [0.3, 0.4) is 0 Å². The molecule has 0 heterocycles. The number of carbonyl (C=O) groups excluding carboxylic acids is 1. The van der Waals surface area contributed by atoms with Crippen molar-refractivity contribution in [3.63, 3.8) is 0 Å². The Kier molecular flexibility index (Phi) is 5.41. The summed E-state index contributed by atoms with van der Waals surface area (Å²) in [5, 5.41) is 2.72. The number of carbonyl (C=O) groups is 1. The maximum absolute atomic E-state index is 13.4. The van der Waals surface area contributed by atoms with E-state index in [0.29, 0.717) is 22.8 Å². The Morgan fingerprint density at radius 2 is 1.61 bits per heavy atom. The van der Waals surface area contributed by atoms with Crippen LogP contribution >= 0.6 is 0 Å². The SMILES string of the molecule is COc1ccc(F)cc1CNC(=O)c1c(OC)cccc1OC. The van der Waals surface area contributed by atoms with E-state index in [1.807, 2.05) is 0 Å². The first kappa shape index (κ1) is 16.6. The van der Waals surface area contributed by atoms with Gasteiger partial charge in [0.2, 0.25) is 0 Å². The van der Waals surface area contributed by atoms with Gasteiger partial charge in [-0.15, -0.1) is 0 Å². The summed E-state index contributed by atoms with van der Waals surface area (Å²) in [6.45, 7) is 0.112. The zero-order valence-corrected chi connectivity index (χ0v) is 13.2. The van der Waals surface area contributed by atoms with Crippen LogP contribution in [0, 0.1) is 5.82 Å². The minimum atomic E-state index is -0.398. The molecule has 0 saturated carbocycles. The molecule has 2 aromatic rings. The Labute approximate surface area is 134 Å². The monoisotopic (exact) mass is 319 g/mol. The van der Waals surface area contributed by atoms with E-state index in [0.717, 1.165) is 0 Å². The van der Waals surface area contributed by atoms with Crippen molar-refractivity contribution in [2.75, 3.05) is 21.3 Å². The van der Waals surface area contributed by atoms with E-state index in [1.165, 1.54) is 39.5 Å². The van der Waals surface area contributed by atoms with Crippen LogP contribution in [0.1, 0.15) is 15.9 Å². The largest absolute Gasteiger partial charge is 0.496 e. The summed E-state index contributed by atoms with van der Waals surface area (Å²) in [4.78, 5) is 12.5. The molecule has 2 aromatic carbocycles.